The molecule has 1 fully saturated rings. The van der Waals surface area contributed by atoms with Gasteiger partial charge in [-0.3, -0.25) is 4.79 Å². The number of aliphatic hydroxyl groups excluding tert-OH is 4. The first-order chi connectivity index (χ1) is 21.4. The second-order valence-corrected chi connectivity index (χ2v) is 12.3. The lowest BCUT2D eigenvalue weighted by Crippen LogP contribution is -2.59. The minimum Gasteiger partial charge on any atom is -0.457 e. The number of carbonyl (C=O) groups is 1. The first-order valence-electron chi connectivity index (χ1n) is 17.8. The van der Waals surface area contributed by atoms with Crippen molar-refractivity contribution in [3.63, 3.8) is 0 Å². The predicted octanol–water partition coefficient (Wildman–Crippen LogP) is 6.13. The van der Waals surface area contributed by atoms with Crippen molar-refractivity contribution in [3.05, 3.63) is 12.2 Å². The van der Waals surface area contributed by atoms with Crippen LogP contribution < -0.4 is 0 Å². The Labute approximate surface area is 267 Å². The zero-order chi connectivity index (χ0) is 32.3. The summed E-state index contributed by atoms with van der Waals surface area (Å²) >= 11 is 0. The predicted molar refractivity (Wildman–Crippen MR) is 173 cm³/mol. The fourth-order valence-corrected chi connectivity index (χ4v) is 5.29. The zero-order valence-corrected chi connectivity index (χ0v) is 27.9. The number of carbonyl (C=O) groups excluding carboxylic acids is 1. The molecule has 0 radical (unpaired) electrons. The summed E-state index contributed by atoms with van der Waals surface area (Å²) in [6.07, 6.45) is 19.5. The van der Waals surface area contributed by atoms with Gasteiger partial charge in [0.25, 0.3) is 0 Å². The van der Waals surface area contributed by atoms with Gasteiger partial charge in [0.2, 0.25) is 0 Å². The van der Waals surface area contributed by atoms with Crippen LogP contribution in [0.5, 0.6) is 0 Å². The maximum Gasteiger partial charge on any atom is 0.306 e. The maximum atomic E-state index is 12.6. The summed E-state index contributed by atoms with van der Waals surface area (Å²) in [7, 11) is 0. The normalized spacial score (nSPS) is 22.9. The van der Waals surface area contributed by atoms with Gasteiger partial charge in [-0.25, -0.2) is 0 Å². The van der Waals surface area contributed by atoms with E-state index in [9.17, 15) is 25.2 Å². The van der Waals surface area contributed by atoms with Crippen molar-refractivity contribution in [3.8, 4) is 0 Å². The van der Waals surface area contributed by atoms with Gasteiger partial charge >= 0.3 is 5.97 Å². The zero-order valence-electron chi connectivity index (χ0n) is 27.9. The standard InChI is InChI=1S/C35H66O9/c1-3-5-7-9-11-13-14-15-17-19-21-23-25-41-27-29(28-42-35-34(40)33(39)32(38)30(26-36)44-35)43-31(37)24-22-20-18-16-12-10-8-6-4-2/h9,11,29-30,32-36,38-40H,3-8,10,12-28H2,1-2H3/b11-9-. The molecule has 1 aliphatic heterocycles. The Kier molecular flexibility index (Phi) is 26.2. The van der Waals surface area contributed by atoms with Gasteiger partial charge in [0.05, 0.1) is 19.8 Å². The third-order valence-electron chi connectivity index (χ3n) is 8.18. The van der Waals surface area contributed by atoms with Crippen LogP contribution in [0.1, 0.15) is 142 Å². The van der Waals surface area contributed by atoms with Crippen molar-refractivity contribution >= 4 is 5.97 Å². The molecular weight excluding hydrogens is 564 g/mol. The first kappa shape index (κ1) is 41.0. The smallest absolute Gasteiger partial charge is 0.306 e. The summed E-state index contributed by atoms with van der Waals surface area (Å²) < 4.78 is 22.6. The number of rotatable bonds is 29. The van der Waals surface area contributed by atoms with Gasteiger partial charge < -0.3 is 39.4 Å². The van der Waals surface area contributed by atoms with Crippen LogP contribution in [-0.2, 0) is 23.7 Å². The van der Waals surface area contributed by atoms with Crippen molar-refractivity contribution in [1.82, 2.24) is 0 Å². The lowest BCUT2D eigenvalue weighted by molar-refractivity contribution is -0.305. The van der Waals surface area contributed by atoms with Crippen LogP contribution in [0.25, 0.3) is 0 Å². The van der Waals surface area contributed by atoms with Crippen LogP contribution in [0.4, 0.5) is 0 Å². The molecule has 1 heterocycles. The van der Waals surface area contributed by atoms with Crippen molar-refractivity contribution in [2.75, 3.05) is 26.4 Å². The van der Waals surface area contributed by atoms with Gasteiger partial charge in [-0.2, -0.15) is 0 Å². The highest BCUT2D eigenvalue weighted by Gasteiger charge is 2.44. The number of aliphatic hydroxyl groups is 4. The molecule has 1 rings (SSSR count). The van der Waals surface area contributed by atoms with Crippen LogP contribution in [0, 0.1) is 0 Å². The highest BCUT2D eigenvalue weighted by Crippen LogP contribution is 2.22. The van der Waals surface area contributed by atoms with Gasteiger partial charge in [-0.1, -0.05) is 116 Å². The van der Waals surface area contributed by atoms with Crippen molar-refractivity contribution < 1.29 is 44.2 Å². The van der Waals surface area contributed by atoms with E-state index in [1.807, 2.05) is 0 Å². The Bertz CT molecular complexity index is 687. The lowest BCUT2D eigenvalue weighted by Gasteiger charge is -2.39. The van der Waals surface area contributed by atoms with Gasteiger partial charge in [-0.05, 0) is 32.1 Å². The average molecular weight is 631 g/mol. The Morgan fingerprint density at radius 3 is 1.91 bits per heavy atom. The third-order valence-corrected chi connectivity index (χ3v) is 8.18. The summed E-state index contributed by atoms with van der Waals surface area (Å²) in [4.78, 5) is 12.6. The first-order valence-corrected chi connectivity index (χ1v) is 17.8. The molecule has 0 aromatic heterocycles. The van der Waals surface area contributed by atoms with Crippen LogP contribution in [-0.4, -0.2) is 89.6 Å². The largest absolute Gasteiger partial charge is 0.457 e. The Balaban J connectivity index is 2.36. The summed E-state index contributed by atoms with van der Waals surface area (Å²) in [5.41, 5.74) is 0. The summed E-state index contributed by atoms with van der Waals surface area (Å²) in [6.45, 7) is 4.47. The maximum absolute atomic E-state index is 12.6. The third kappa shape index (κ3) is 20.1. The molecule has 9 heteroatoms. The lowest BCUT2D eigenvalue weighted by atomic mass is 9.99. The molecule has 1 aliphatic rings. The van der Waals surface area contributed by atoms with E-state index in [0.29, 0.717) is 13.0 Å². The molecule has 0 aliphatic carbocycles. The average Bonchev–Trinajstić information content (AvgIpc) is 3.02. The van der Waals surface area contributed by atoms with E-state index >= 15 is 0 Å². The molecule has 0 aromatic rings. The molecule has 1 saturated heterocycles. The number of unbranched alkanes of at least 4 members (excludes halogenated alkanes) is 16. The topological polar surface area (TPSA) is 135 Å². The summed E-state index contributed by atoms with van der Waals surface area (Å²) in [6, 6.07) is 0. The number of hydrogen-bond acceptors (Lipinski definition) is 9. The van der Waals surface area contributed by atoms with Crippen molar-refractivity contribution in [1.29, 1.82) is 0 Å². The van der Waals surface area contributed by atoms with E-state index in [0.717, 1.165) is 38.5 Å². The van der Waals surface area contributed by atoms with Crippen LogP contribution in [0.3, 0.4) is 0 Å². The van der Waals surface area contributed by atoms with Crippen LogP contribution >= 0.6 is 0 Å². The molecule has 0 saturated carbocycles. The minimum atomic E-state index is -1.53. The molecule has 0 bridgehead atoms. The fourth-order valence-electron chi connectivity index (χ4n) is 5.29. The van der Waals surface area contributed by atoms with E-state index in [2.05, 4.69) is 26.0 Å². The van der Waals surface area contributed by atoms with Crippen molar-refractivity contribution in [2.45, 2.75) is 179 Å². The highest BCUT2D eigenvalue weighted by atomic mass is 16.7. The molecule has 4 N–H and O–H groups in total. The molecule has 6 atom stereocenters. The number of ether oxygens (including phenoxy) is 4. The monoisotopic (exact) mass is 630 g/mol. The minimum absolute atomic E-state index is 0.112. The van der Waals surface area contributed by atoms with Gasteiger partial charge in [0, 0.05) is 13.0 Å². The van der Waals surface area contributed by atoms with Gasteiger partial charge in [0.1, 0.15) is 30.5 Å². The molecule has 44 heavy (non-hydrogen) atoms. The molecular formula is C35H66O9. The Hall–Kier alpha value is -1.07. The van der Waals surface area contributed by atoms with E-state index in [4.69, 9.17) is 18.9 Å². The fraction of sp³-hybridized carbons (Fsp3) is 0.914. The van der Waals surface area contributed by atoms with Gasteiger partial charge in [0.15, 0.2) is 6.29 Å². The quantitative estimate of drug-likeness (QED) is 0.0437. The number of allylic oxidation sites excluding steroid dienone is 2. The molecule has 6 unspecified atom stereocenters. The molecule has 9 nitrogen and oxygen atoms in total. The summed E-state index contributed by atoms with van der Waals surface area (Å²) in [5.74, 6) is -0.320. The molecule has 0 spiro atoms. The second kappa shape index (κ2) is 28.2. The van der Waals surface area contributed by atoms with Gasteiger partial charge in [-0.15, -0.1) is 0 Å². The highest BCUT2D eigenvalue weighted by molar-refractivity contribution is 5.69. The van der Waals surface area contributed by atoms with E-state index in [1.54, 1.807) is 0 Å². The van der Waals surface area contributed by atoms with E-state index in [-0.39, 0.29) is 19.2 Å². The SMILES string of the molecule is CCCC/C=C\CCCCCCCCOCC(COC1OC(CO)C(O)C(O)C1O)OC(=O)CCCCCCCCCCC. The van der Waals surface area contributed by atoms with Crippen LogP contribution in [0.15, 0.2) is 12.2 Å². The Morgan fingerprint density at radius 1 is 0.705 bits per heavy atom. The number of hydrogen-bond donors (Lipinski definition) is 4. The van der Waals surface area contributed by atoms with Crippen LogP contribution in [0.2, 0.25) is 0 Å². The van der Waals surface area contributed by atoms with Crippen molar-refractivity contribution in [2.24, 2.45) is 0 Å². The second-order valence-electron chi connectivity index (χ2n) is 12.3. The molecule has 260 valence electrons. The summed E-state index contributed by atoms with van der Waals surface area (Å²) in [5, 5.41) is 39.8. The Morgan fingerprint density at radius 2 is 1.27 bits per heavy atom. The molecule has 0 aromatic carbocycles. The molecule has 0 amide bonds. The van der Waals surface area contributed by atoms with E-state index < -0.39 is 43.4 Å². The van der Waals surface area contributed by atoms with E-state index in [1.165, 1.54) is 83.5 Å². The number of esters is 1.